The Labute approximate surface area is 110 Å². The molecule has 2 nitrogen and oxygen atoms in total. The predicted molar refractivity (Wildman–Crippen MR) is 71.0 cm³/mol. The number of hydrogen-bond acceptors (Lipinski definition) is 1. The largest absolute Gasteiger partial charge is 0.342 e. The summed E-state index contributed by atoms with van der Waals surface area (Å²) in [5, 5.41) is 0.579. The zero-order valence-electron chi connectivity index (χ0n) is 9.46. The van der Waals surface area contributed by atoms with Crippen LogP contribution in [-0.4, -0.2) is 24.4 Å². The van der Waals surface area contributed by atoms with E-state index in [-0.39, 0.29) is 5.91 Å². The smallest absolute Gasteiger partial charge is 0.254 e. The van der Waals surface area contributed by atoms with Gasteiger partial charge < -0.3 is 4.90 Å². The molecule has 16 heavy (non-hydrogen) atoms. The van der Waals surface area contributed by atoms with E-state index in [9.17, 15) is 4.79 Å². The van der Waals surface area contributed by atoms with Crippen molar-refractivity contribution in [3.8, 4) is 0 Å². The van der Waals surface area contributed by atoms with E-state index in [0.29, 0.717) is 10.6 Å². The molecule has 0 saturated heterocycles. The highest BCUT2D eigenvalue weighted by atomic mass is 79.9. The second kappa shape index (κ2) is 6.26. The Kier molecular flexibility index (Phi) is 5.29. The van der Waals surface area contributed by atoms with E-state index < -0.39 is 0 Å². The number of benzene rings is 1. The Morgan fingerprint density at radius 2 is 2.19 bits per heavy atom. The van der Waals surface area contributed by atoms with Crippen molar-refractivity contribution in [3.05, 3.63) is 33.3 Å². The summed E-state index contributed by atoms with van der Waals surface area (Å²) in [5.41, 5.74) is 0.617. The summed E-state index contributed by atoms with van der Waals surface area (Å²) in [6, 6.07) is 5.24. The van der Waals surface area contributed by atoms with Gasteiger partial charge in [0.1, 0.15) is 0 Å². The lowest BCUT2D eigenvalue weighted by Crippen LogP contribution is -2.27. The van der Waals surface area contributed by atoms with Gasteiger partial charge in [-0.05, 0) is 40.5 Å². The van der Waals surface area contributed by atoms with Crippen LogP contribution in [0.25, 0.3) is 0 Å². The molecular formula is C12H15BrClNO. The SMILES string of the molecule is CCCCN(C)C(=O)c1cc(Cl)ccc1Br. The van der Waals surface area contributed by atoms with Crippen molar-refractivity contribution in [2.75, 3.05) is 13.6 Å². The first-order valence-corrected chi connectivity index (χ1v) is 6.44. The number of nitrogens with zero attached hydrogens (tertiary/aromatic N) is 1. The molecular weight excluding hydrogens is 289 g/mol. The number of hydrogen-bond donors (Lipinski definition) is 0. The third-order valence-electron chi connectivity index (χ3n) is 2.35. The molecule has 1 aromatic carbocycles. The highest BCUT2D eigenvalue weighted by molar-refractivity contribution is 9.10. The fourth-order valence-electron chi connectivity index (χ4n) is 1.36. The lowest BCUT2D eigenvalue weighted by Gasteiger charge is -2.17. The van der Waals surface area contributed by atoms with Crippen LogP contribution >= 0.6 is 27.5 Å². The molecule has 0 radical (unpaired) electrons. The minimum atomic E-state index is 0.00262. The predicted octanol–water partition coefficient (Wildman–Crippen LogP) is 3.97. The second-order valence-electron chi connectivity index (χ2n) is 3.70. The van der Waals surface area contributed by atoms with Crippen LogP contribution < -0.4 is 0 Å². The zero-order valence-corrected chi connectivity index (χ0v) is 11.8. The van der Waals surface area contributed by atoms with E-state index in [4.69, 9.17) is 11.6 Å². The normalized spacial score (nSPS) is 10.2. The van der Waals surface area contributed by atoms with Crippen molar-refractivity contribution in [1.82, 2.24) is 4.90 Å². The third kappa shape index (κ3) is 3.49. The molecule has 0 aliphatic rings. The van der Waals surface area contributed by atoms with E-state index in [1.165, 1.54) is 0 Å². The first-order valence-electron chi connectivity index (χ1n) is 5.26. The van der Waals surface area contributed by atoms with E-state index in [1.54, 1.807) is 23.1 Å². The number of unbranched alkanes of at least 4 members (excludes halogenated alkanes) is 1. The summed E-state index contributed by atoms with van der Waals surface area (Å²) in [6.07, 6.45) is 2.09. The molecule has 0 aliphatic heterocycles. The van der Waals surface area contributed by atoms with Gasteiger partial charge in [-0.15, -0.1) is 0 Å². The fourth-order valence-corrected chi connectivity index (χ4v) is 1.95. The average Bonchev–Trinajstić information content (AvgIpc) is 2.28. The van der Waals surface area contributed by atoms with Gasteiger partial charge in [0.25, 0.3) is 5.91 Å². The number of halogens is 2. The summed E-state index contributed by atoms with van der Waals surface area (Å²) in [4.78, 5) is 13.8. The molecule has 1 rings (SSSR count). The van der Waals surface area contributed by atoms with Crippen LogP contribution in [0.4, 0.5) is 0 Å². The monoisotopic (exact) mass is 303 g/mol. The molecule has 0 unspecified atom stereocenters. The third-order valence-corrected chi connectivity index (χ3v) is 3.28. The maximum atomic E-state index is 12.1. The molecule has 0 N–H and O–H groups in total. The molecule has 0 saturated carbocycles. The van der Waals surface area contributed by atoms with E-state index >= 15 is 0 Å². The van der Waals surface area contributed by atoms with Crippen molar-refractivity contribution < 1.29 is 4.79 Å². The standard InChI is InChI=1S/C12H15BrClNO/c1-3-4-7-15(2)12(16)10-8-9(14)5-6-11(10)13/h5-6,8H,3-4,7H2,1-2H3. The minimum absolute atomic E-state index is 0.00262. The number of amides is 1. The summed E-state index contributed by atoms with van der Waals surface area (Å²) < 4.78 is 0.783. The van der Waals surface area contributed by atoms with Crippen LogP contribution in [-0.2, 0) is 0 Å². The second-order valence-corrected chi connectivity index (χ2v) is 5.00. The molecule has 0 aliphatic carbocycles. The molecule has 88 valence electrons. The molecule has 0 heterocycles. The van der Waals surface area contributed by atoms with Gasteiger partial charge in [0.2, 0.25) is 0 Å². The minimum Gasteiger partial charge on any atom is -0.342 e. The van der Waals surface area contributed by atoms with Gasteiger partial charge in [0.15, 0.2) is 0 Å². The van der Waals surface area contributed by atoms with Crippen LogP contribution in [0.3, 0.4) is 0 Å². The van der Waals surface area contributed by atoms with Crippen molar-refractivity contribution in [1.29, 1.82) is 0 Å². The molecule has 4 heteroatoms. The molecule has 1 amide bonds. The van der Waals surface area contributed by atoms with Crippen LogP contribution in [0.15, 0.2) is 22.7 Å². The van der Waals surface area contributed by atoms with Gasteiger partial charge in [-0.3, -0.25) is 4.79 Å². The summed E-state index contributed by atoms with van der Waals surface area (Å²) in [7, 11) is 1.81. The fraction of sp³-hybridized carbons (Fsp3) is 0.417. The topological polar surface area (TPSA) is 20.3 Å². The molecule has 1 aromatic rings. The Hall–Kier alpha value is -0.540. The lowest BCUT2D eigenvalue weighted by molar-refractivity contribution is 0.0792. The summed E-state index contributed by atoms with van der Waals surface area (Å²) in [5.74, 6) is 0.00262. The van der Waals surface area contributed by atoms with Gasteiger partial charge >= 0.3 is 0 Å². The molecule has 0 atom stereocenters. The molecule has 0 spiro atoms. The van der Waals surface area contributed by atoms with E-state index in [2.05, 4.69) is 22.9 Å². The first kappa shape index (κ1) is 13.5. The van der Waals surface area contributed by atoms with Crippen LogP contribution in [0.2, 0.25) is 5.02 Å². The lowest BCUT2D eigenvalue weighted by atomic mass is 10.2. The van der Waals surface area contributed by atoms with Gasteiger partial charge in [-0.2, -0.15) is 0 Å². The van der Waals surface area contributed by atoms with E-state index in [1.807, 2.05) is 7.05 Å². The summed E-state index contributed by atoms with van der Waals surface area (Å²) >= 11 is 9.24. The Balaban J connectivity index is 2.83. The Morgan fingerprint density at radius 3 is 2.81 bits per heavy atom. The highest BCUT2D eigenvalue weighted by Crippen LogP contribution is 2.22. The van der Waals surface area contributed by atoms with Gasteiger partial charge in [-0.1, -0.05) is 24.9 Å². The molecule has 0 bridgehead atoms. The van der Waals surface area contributed by atoms with Crippen LogP contribution in [0.5, 0.6) is 0 Å². The number of rotatable bonds is 4. The molecule has 0 aromatic heterocycles. The molecule has 0 fully saturated rings. The average molecular weight is 305 g/mol. The van der Waals surface area contributed by atoms with E-state index in [0.717, 1.165) is 23.9 Å². The quantitative estimate of drug-likeness (QED) is 0.824. The Morgan fingerprint density at radius 1 is 1.50 bits per heavy atom. The van der Waals surface area contributed by atoms with Gasteiger partial charge in [0.05, 0.1) is 5.56 Å². The van der Waals surface area contributed by atoms with Crippen molar-refractivity contribution in [3.63, 3.8) is 0 Å². The van der Waals surface area contributed by atoms with Gasteiger partial charge in [0, 0.05) is 23.1 Å². The van der Waals surface area contributed by atoms with Crippen molar-refractivity contribution in [2.45, 2.75) is 19.8 Å². The maximum absolute atomic E-state index is 12.1. The zero-order chi connectivity index (χ0) is 12.1. The Bertz CT molecular complexity index is 381. The van der Waals surface area contributed by atoms with Crippen molar-refractivity contribution in [2.24, 2.45) is 0 Å². The van der Waals surface area contributed by atoms with Crippen molar-refractivity contribution >= 4 is 33.4 Å². The number of carbonyl (C=O) groups excluding carboxylic acids is 1. The summed E-state index contributed by atoms with van der Waals surface area (Å²) in [6.45, 7) is 2.88. The van der Waals surface area contributed by atoms with Gasteiger partial charge in [-0.25, -0.2) is 0 Å². The number of carbonyl (C=O) groups is 1. The van der Waals surface area contributed by atoms with Crippen LogP contribution in [0, 0.1) is 0 Å². The first-order chi connectivity index (χ1) is 7.56. The maximum Gasteiger partial charge on any atom is 0.254 e. The van der Waals surface area contributed by atoms with Crippen LogP contribution in [0.1, 0.15) is 30.1 Å². The highest BCUT2D eigenvalue weighted by Gasteiger charge is 2.14.